The molecule has 2 rings (SSSR count). The zero-order valence-electron chi connectivity index (χ0n) is 12.9. The normalized spacial score (nSPS) is 20.1. The average Bonchev–Trinajstić information content (AvgIpc) is 2.69. The molecule has 2 heterocycles. The molecule has 0 spiro atoms. The summed E-state index contributed by atoms with van der Waals surface area (Å²) in [5, 5.41) is 4.97. The largest absolute Gasteiger partial charge is 0.307 e. The molecule has 1 aliphatic heterocycles. The van der Waals surface area contributed by atoms with E-state index >= 15 is 0 Å². The summed E-state index contributed by atoms with van der Waals surface area (Å²) in [7, 11) is 0. The zero-order valence-corrected chi connectivity index (χ0v) is 13.7. The Morgan fingerprint density at radius 2 is 1.84 bits per heavy atom. The lowest BCUT2D eigenvalue weighted by Crippen LogP contribution is -2.45. The second-order valence-corrected chi connectivity index (χ2v) is 7.21. The van der Waals surface area contributed by atoms with Gasteiger partial charge in [-0.25, -0.2) is 4.98 Å². The monoisotopic (exact) mass is 281 g/mol. The van der Waals surface area contributed by atoms with Gasteiger partial charge >= 0.3 is 0 Å². The molecule has 0 bridgehead atoms. The van der Waals surface area contributed by atoms with E-state index in [9.17, 15) is 0 Å². The molecule has 1 aromatic heterocycles. The van der Waals surface area contributed by atoms with Gasteiger partial charge in [-0.1, -0.05) is 0 Å². The van der Waals surface area contributed by atoms with E-state index in [0.29, 0.717) is 18.1 Å². The Morgan fingerprint density at radius 1 is 1.21 bits per heavy atom. The van der Waals surface area contributed by atoms with Crippen LogP contribution in [0.15, 0.2) is 0 Å². The van der Waals surface area contributed by atoms with Crippen LogP contribution in [-0.2, 0) is 0 Å². The van der Waals surface area contributed by atoms with E-state index in [1.54, 1.807) is 0 Å². The van der Waals surface area contributed by atoms with Crippen molar-refractivity contribution in [2.75, 3.05) is 13.1 Å². The summed E-state index contributed by atoms with van der Waals surface area (Å²) in [4.78, 5) is 8.51. The minimum absolute atomic E-state index is 0.432. The number of nitrogens with zero attached hydrogens (tertiary/aromatic N) is 2. The van der Waals surface area contributed by atoms with Gasteiger partial charge in [0.15, 0.2) is 0 Å². The first-order chi connectivity index (χ1) is 8.97. The van der Waals surface area contributed by atoms with Gasteiger partial charge in [-0.05, 0) is 60.5 Å². The van der Waals surface area contributed by atoms with Gasteiger partial charge in [0.05, 0.1) is 10.7 Å². The van der Waals surface area contributed by atoms with E-state index in [0.717, 1.165) is 0 Å². The molecule has 1 unspecified atom stereocenters. The SMILES string of the molecule is Cc1nc(C)c(C(C)NC2CCN(C(C)C)CC2)s1. The fraction of sp³-hybridized carbons (Fsp3) is 0.800. The summed E-state index contributed by atoms with van der Waals surface area (Å²) in [5.74, 6) is 0. The molecular weight excluding hydrogens is 254 g/mol. The maximum atomic E-state index is 4.53. The highest BCUT2D eigenvalue weighted by Gasteiger charge is 2.23. The van der Waals surface area contributed by atoms with Gasteiger partial charge in [-0.3, -0.25) is 0 Å². The first-order valence-corrected chi connectivity index (χ1v) is 8.23. The lowest BCUT2D eigenvalue weighted by molar-refractivity contribution is 0.157. The number of rotatable bonds is 4. The number of hydrogen-bond donors (Lipinski definition) is 1. The van der Waals surface area contributed by atoms with Gasteiger partial charge in [-0.15, -0.1) is 11.3 Å². The van der Waals surface area contributed by atoms with E-state index in [1.165, 1.54) is 41.5 Å². The molecule has 3 nitrogen and oxygen atoms in total. The lowest BCUT2D eigenvalue weighted by atomic mass is 10.0. The second-order valence-electron chi connectivity index (χ2n) is 5.97. The summed E-state index contributed by atoms with van der Waals surface area (Å²) >= 11 is 1.83. The molecule has 4 heteroatoms. The molecule has 0 amide bonds. The van der Waals surface area contributed by atoms with Crippen molar-refractivity contribution in [2.24, 2.45) is 0 Å². The van der Waals surface area contributed by atoms with E-state index in [1.807, 2.05) is 11.3 Å². The van der Waals surface area contributed by atoms with E-state index in [2.05, 4.69) is 49.8 Å². The van der Waals surface area contributed by atoms with Crippen LogP contribution in [0.3, 0.4) is 0 Å². The van der Waals surface area contributed by atoms with Crippen LogP contribution >= 0.6 is 11.3 Å². The van der Waals surface area contributed by atoms with E-state index in [4.69, 9.17) is 0 Å². The Kier molecular flexibility index (Phi) is 4.98. The zero-order chi connectivity index (χ0) is 14.0. The van der Waals surface area contributed by atoms with Gasteiger partial charge in [0.25, 0.3) is 0 Å². The number of hydrogen-bond acceptors (Lipinski definition) is 4. The first kappa shape index (κ1) is 14.9. The first-order valence-electron chi connectivity index (χ1n) is 7.41. The predicted molar refractivity (Wildman–Crippen MR) is 82.9 cm³/mol. The molecule has 1 atom stereocenters. The van der Waals surface area contributed by atoms with Crippen molar-refractivity contribution >= 4 is 11.3 Å². The molecule has 1 fully saturated rings. The van der Waals surface area contributed by atoms with Crippen LogP contribution in [0.4, 0.5) is 0 Å². The third kappa shape index (κ3) is 3.77. The van der Waals surface area contributed by atoms with Crippen molar-refractivity contribution in [3.05, 3.63) is 15.6 Å². The fourth-order valence-corrected chi connectivity index (χ4v) is 3.90. The van der Waals surface area contributed by atoms with Crippen LogP contribution < -0.4 is 5.32 Å². The third-order valence-corrected chi connectivity index (χ3v) is 5.33. The highest BCUT2D eigenvalue weighted by molar-refractivity contribution is 7.11. The minimum atomic E-state index is 0.432. The molecule has 19 heavy (non-hydrogen) atoms. The summed E-state index contributed by atoms with van der Waals surface area (Å²) in [6.07, 6.45) is 2.53. The van der Waals surface area contributed by atoms with E-state index in [-0.39, 0.29) is 0 Å². The van der Waals surface area contributed by atoms with Crippen molar-refractivity contribution in [1.82, 2.24) is 15.2 Å². The molecule has 108 valence electrons. The molecule has 0 radical (unpaired) electrons. The molecule has 1 saturated heterocycles. The fourth-order valence-electron chi connectivity index (χ4n) is 2.96. The van der Waals surface area contributed by atoms with Gasteiger partial charge in [-0.2, -0.15) is 0 Å². The van der Waals surface area contributed by atoms with Crippen LogP contribution in [0.5, 0.6) is 0 Å². The molecule has 1 aliphatic rings. The van der Waals surface area contributed by atoms with Crippen molar-refractivity contribution in [3.63, 3.8) is 0 Å². The van der Waals surface area contributed by atoms with Crippen LogP contribution in [0.1, 0.15) is 55.2 Å². The second kappa shape index (κ2) is 6.33. The average molecular weight is 281 g/mol. The van der Waals surface area contributed by atoms with Crippen LogP contribution in [0.25, 0.3) is 0 Å². The van der Waals surface area contributed by atoms with Crippen molar-refractivity contribution in [3.8, 4) is 0 Å². The Bertz CT molecular complexity index is 406. The van der Waals surface area contributed by atoms with E-state index < -0.39 is 0 Å². The molecule has 0 aliphatic carbocycles. The van der Waals surface area contributed by atoms with Gasteiger partial charge in [0, 0.05) is 23.0 Å². The molecular formula is C15H27N3S. The number of likely N-dealkylation sites (tertiary alicyclic amines) is 1. The molecule has 1 N–H and O–H groups in total. The summed E-state index contributed by atoms with van der Waals surface area (Å²) in [5.41, 5.74) is 1.20. The number of thiazole rings is 1. The Morgan fingerprint density at radius 3 is 2.32 bits per heavy atom. The lowest BCUT2D eigenvalue weighted by Gasteiger charge is -2.36. The number of aromatic nitrogens is 1. The third-order valence-electron chi connectivity index (χ3n) is 4.08. The quantitative estimate of drug-likeness (QED) is 0.918. The standard InChI is InChI=1S/C15H27N3S/c1-10(2)18-8-6-14(7-9-18)17-12(4)15-11(3)16-13(5)19-15/h10,12,14,17H,6-9H2,1-5H3. The Balaban J connectivity index is 1.87. The topological polar surface area (TPSA) is 28.2 Å². The molecule has 0 saturated carbocycles. The van der Waals surface area contributed by atoms with Crippen molar-refractivity contribution < 1.29 is 0 Å². The summed E-state index contributed by atoms with van der Waals surface area (Å²) in [6, 6.07) is 1.78. The summed E-state index contributed by atoms with van der Waals surface area (Å²) in [6.45, 7) is 13.5. The predicted octanol–water partition coefficient (Wildman–Crippen LogP) is 3.28. The highest BCUT2D eigenvalue weighted by Crippen LogP contribution is 2.26. The molecule has 1 aromatic rings. The smallest absolute Gasteiger partial charge is 0.0900 e. The highest BCUT2D eigenvalue weighted by atomic mass is 32.1. The van der Waals surface area contributed by atoms with Crippen LogP contribution in [-0.4, -0.2) is 35.1 Å². The van der Waals surface area contributed by atoms with Crippen molar-refractivity contribution in [1.29, 1.82) is 0 Å². The van der Waals surface area contributed by atoms with Crippen LogP contribution in [0, 0.1) is 13.8 Å². The Hall–Kier alpha value is -0.450. The minimum Gasteiger partial charge on any atom is -0.307 e. The van der Waals surface area contributed by atoms with Gasteiger partial charge in [0.1, 0.15) is 0 Å². The Labute approximate surface area is 121 Å². The maximum Gasteiger partial charge on any atom is 0.0900 e. The van der Waals surface area contributed by atoms with Crippen LogP contribution in [0.2, 0.25) is 0 Å². The number of nitrogens with one attached hydrogen (secondary N) is 1. The number of piperidine rings is 1. The molecule has 0 aromatic carbocycles. The van der Waals surface area contributed by atoms with Gasteiger partial charge < -0.3 is 10.2 Å². The van der Waals surface area contributed by atoms with Gasteiger partial charge in [0.2, 0.25) is 0 Å². The number of aryl methyl sites for hydroxylation is 2. The summed E-state index contributed by atoms with van der Waals surface area (Å²) < 4.78 is 0. The van der Waals surface area contributed by atoms with Crippen molar-refractivity contribution in [2.45, 2.75) is 65.6 Å². The maximum absolute atomic E-state index is 4.53.